The Bertz CT molecular complexity index is 579. The van der Waals surface area contributed by atoms with Crippen LogP contribution in [0.2, 0.25) is 0 Å². The third kappa shape index (κ3) is 3.47. The summed E-state index contributed by atoms with van der Waals surface area (Å²) in [7, 11) is 2.06. The van der Waals surface area contributed by atoms with Crippen LogP contribution in [0.4, 0.5) is 10.5 Å². The Labute approximate surface area is 137 Å². The molecule has 124 valence electrons. The summed E-state index contributed by atoms with van der Waals surface area (Å²) in [5, 5.41) is 0. The highest BCUT2D eigenvalue weighted by atomic mass is 16.2. The van der Waals surface area contributed by atoms with Gasteiger partial charge in [-0.25, -0.2) is 4.79 Å². The van der Waals surface area contributed by atoms with Gasteiger partial charge in [0.1, 0.15) is 6.54 Å². The molecule has 0 N–H and O–H groups in total. The smallest absolute Gasteiger partial charge is 0.325 e. The van der Waals surface area contributed by atoms with Crippen molar-refractivity contribution >= 4 is 17.6 Å². The zero-order valence-electron chi connectivity index (χ0n) is 13.9. The van der Waals surface area contributed by atoms with E-state index >= 15 is 0 Å². The lowest BCUT2D eigenvalue weighted by Crippen LogP contribution is -2.50. The molecular weight excluding hydrogens is 292 g/mol. The number of piperazine rings is 1. The summed E-state index contributed by atoms with van der Waals surface area (Å²) < 4.78 is 0. The number of likely N-dealkylation sites (N-methyl/N-ethyl adjacent to an activating group) is 1. The fraction of sp³-hybridized carbons (Fsp3) is 0.529. The number of aryl methyl sites for hydroxylation is 1. The van der Waals surface area contributed by atoms with E-state index in [2.05, 4.69) is 11.9 Å². The molecule has 6 nitrogen and oxygen atoms in total. The number of hydrogen-bond donors (Lipinski definition) is 0. The molecule has 1 aromatic carbocycles. The molecule has 23 heavy (non-hydrogen) atoms. The van der Waals surface area contributed by atoms with Crippen LogP contribution in [-0.4, -0.2) is 79.5 Å². The molecule has 0 unspecified atom stereocenters. The summed E-state index contributed by atoms with van der Waals surface area (Å²) in [6.07, 6.45) is 0. The Morgan fingerprint density at radius 1 is 1.00 bits per heavy atom. The Balaban J connectivity index is 1.58. The van der Waals surface area contributed by atoms with Crippen LogP contribution in [-0.2, 0) is 4.79 Å². The van der Waals surface area contributed by atoms with Gasteiger partial charge in [0.05, 0.1) is 0 Å². The highest BCUT2D eigenvalue weighted by Crippen LogP contribution is 2.20. The molecule has 3 rings (SSSR count). The zero-order valence-corrected chi connectivity index (χ0v) is 13.9. The van der Waals surface area contributed by atoms with Gasteiger partial charge in [-0.05, 0) is 26.1 Å². The van der Waals surface area contributed by atoms with E-state index in [1.54, 1.807) is 9.80 Å². The largest absolute Gasteiger partial charge is 0.339 e. The quantitative estimate of drug-likeness (QED) is 0.836. The van der Waals surface area contributed by atoms with Crippen molar-refractivity contribution in [1.29, 1.82) is 0 Å². The maximum absolute atomic E-state index is 12.5. The molecule has 0 bridgehead atoms. The van der Waals surface area contributed by atoms with Gasteiger partial charge in [-0.2, -0.15) is 0 Å². The first-order valence-corrected chi connectivity index (χ1v) is 8.14. The third-order valence-electron chi connectivity index (χ3n) is 4.62. The van der Waals surface area contributed by atoms with Crippen molar-refractivity contribution in [1.82, 2.24) is 14.7 Å². The van der Waals surface area contributed by atoms with Crippen molar-refractivity contribution in [3.05, 3.63) is 29.8 Å². The highest BCUT2D eigenvalue weighted by Gasteiger charge is 2.32. The van der Waals surface area contributed by atoms with Crippen LogP contribution in [0.3, 0.4) is 0 Å². The van der Waals surface area contributed by atoms with E-state index in [9.17, 15) is 9.59 Å². The topological polar surface area (TPSA) is 47.1 Å². The second kappa shape index (κ2) is 6.58. The highest BCUT2D eigenvalue weighted by molar-refractivity contribution is 5.96. The maximum atomic E-state index is 12.5. The van der Waals surface area contributed by atoms with Gasteiger partial charge in [0.2, 0.25) is 5.91 Å². The van der Waals surface area contributed by atoms with E-state index in [1.807, 2.05) is 36.1 Å². The van der Waals surface area contributed by atoms with Crippen LogP contribution < -0.4 is 4.90 Å². The average Bonchev–Trinajstić information content (AvgIpc) is 2.90. The lowest BCUT2D eigenvalue weighted by molar-refractivity contribution is -0.133. The van der Waals surface area contributed by atoms with Crippen molar-refractivity contribution in [2.24, 2.45) is 0 Å². The Morgan fingerprint density at radius 2 is 1.65 bits per heavy atom. The van der Waals surface area contributed by atoms with Gasteiger partial charge in [0.25, 0.3) is 0 Å². The number of carbonyl (C=O) groups is 2. The standard InChI is InChI=1S/C17H24N4O2/c1-14-3-5-15(6-4-14)21-12-11-20(17(21)23)13-16(22)19-9-7-18(2)8-10-19/h3-6H,7-13H2,1-2H3. The van der Waals surface area contributed by atoms with Gasteiger partial charge in [0.15, 0.2) is 0 Å². The summed E-state index contributed by atoms with van der Waals surface area (Å²) in [4.78, 5) is 32.4. The summed E-state index contributed by atoms with van der Waals surface area (Å²) >= 11 is 0. The molecule has 1 aromatic rings. The molecule has 2 aliphatic heterocycles. The second-order valence-corrected chi connectivity index (χ2v) is 6.38. The lowest BCUT2D eigenvalue weighted by atomic mass is 10.2. The van der Waals surface area contributed by atoms with Crippen molar-refractivity contribution in [3.63, 3.8) is 0 Å². The molecule has 0 aliphatic carbocycles. The Hall–Kier alpha value is -2.08. The van der Waals surface area contributed by atoms with E-state index in [4.69, 9.17) is 0 Å². The van der Waals surface area contributed by atoms with E-state index in [0.717, 1.165) is 31.9 Å². The van der Waals surface area contributed by atoms with Crippen LogP contribution in [0.5, 0.6) is 0 Å². The molecule has 2 saturated heterocycles. The monoisotopic (exact) mass is 316 g/mol. The predicted octanol–water partition coefficient (Wildman–Crippen LogP) is 1.01. The fourth-order valence-electron chi connectivity index (χ4n) is 3.01. The van der Waals surface area contributed by atoms with E-state index in [1.165, 1.54) is 5.56 Å². The number of anilines is 1. The van der Waals surface area contributed by atoms with Crippen molar-refractivity contribution in [2.75, 3.05) is 57.8 Å². The molecule has 0 radical (unpaired) electrons. The Morgan fingerprint density at radius 3 is 2.30 bits per heavy atom. The predicted molar refractivity (Wildman–Crippen MR) is 89.6 cm³/mol. The Kier molecular flexibility index (Phi) is 4.52. The number of carbonyl (C=O) groups excluding carboxylic acids is 2. The van der Waals surface area contributed by atoms with Gasteiger partial charge >= 0.3 is 6.03 Å². The molecule has 2 heterocycles. The van der Waals surface area contributed by atoms with E-state index in [0.29, 0.717) is 13.1 Å². The summed E-state index contributed by atoms with van der Waals surface area (Å²) in [5.41, 5.74) is 2.07. The van der Waals surface area contributed by atoms with Crippen LogP contribution >= 0.6 is 0 Å². The number of rotatable bonds is 3. The molecule has 0 spiro atoms. The lowest BCUT2D eigenvalue weighted by Gasteiger charge is -2.33. The zero-order chi connectivity index (χ0) is 16.4. The first-order valence-electron chi connectivity index (χ1n) is 8.14. The minimum Gasteiger partial charge on any atom is -0.339 e. The summed E-state index contributed by atoms with van der Waals surface area (Å²) in [6.45, 7) is 6.74. The SMILES string of the molecule is Cc1ccc(N2CCN(CC(=O)N3CCN(C)CC3)C2=O)cc1. The fourth-order valence-corrected chi connectivity index (χ4v) is 3.01. The van der Waals surface area contributed by atoms with Crippen molar-refractivity contribution in [2.45, 2.75) is 6.92 Å². The molecule has 6 heteroatoms. The average molecular weight is 316 g/mol. The molecule has 3 amide bonds. The van der Waals surface area contributed by atoms with Crippen LogP contribution in [0.1, 0.15) is 5.56 Å². The normalized spacial score (nSPS) is 19.6. The van der Waals surface area contributed by atoms with Gasteiger partial charge in [-0.3, -0.25) is 9.69 Å². The number of benzene rings is 1. The molecule has 0 saturated carbocycles. The van der Waals surface area contributed by atoms with Gasteiger partial charge in [-0.1, -0.05) is 17.7 Å². The first-order chi connectivity index (χ1) is 11.0. The van der Waals surface area contributed by atoms with Gasteiger partial charge in [-0.15, -0.1) is 0 Å². The maximum Gasteiger partial charge on any atom is 0.325 e. The molecule has 2 aliphatic rings. The number of hydrogen-bond acceptors (Lipinski definition) is 3. The van der Waals surface area contributed by atoms with Gasteiger partial charge < -0.3 is 14.7 Å². The molecule has 2 fully saturated rings. The van der Waals surface area contributed by atoms with E-state index in [-0.39, 0.29) is 18.5 Å². The molecule has 0 atom stereocenters. The number of nitrogens with zero attached hydrogens (tertiary/aromatic N) is 4. The summed E-state index contributed by atoms with van der Waals surface area (Å²) in [6, 6.07) is 7.84. The van der Waals surface area contributed by atoms with E-state index < -0.39 is 0 Å². The third-order valence-corrected chi connectivity index (χ3v) is 4.62. The van der Waals surface area contributed by atoms with Crippen LogP contribution in [0.15, 0.2) is 24.3 Å². The summed E-state index contributed by atoms with van der Waals surface area (Å²) in [5.74, 6) is 0.0530. The second-order valence-electron chi connectivity index (χ2n) is 6.38. The minimum atomic E-state index is -0.0728. The van der Waals surface area contributed by atoms with Gasteiger partial charge in [0, 0.05) is 45.0 Å². The van der Waals surface area contributed by atoms with Crippen LogP contribution in [0, 0.1) is 6.92 Å². The molecular formula is C17H24N4O2. The number of urea groups is 1. The number of amides is 3. The first kappa shape index (κ1) is 15.8. The minimum absolute atomic E-state index is 0.0530. The van der Waals surface area contributed by atoms with Crippen molar-refractivity contribution < 1.29 is 9.59 Å². The van der Waals surface area contributed by atoms with Crippen LogP contribution in [0.25, 0.3) is 0 Å². The van der Waals surface area contributed by atoms with Crippen molar-refractivity contribution in [3.8, 4) is 0 Å². The molecule has 0 aromatic heterocycles.